The van der Waals surface area contributed by atoms with Crippen LogP contribution in [0.1, 0.15) is 13.3 Å². The first kappa shape index (κ1) is 8.28. The fourth-order valence-corrected chi connectivity index (χ4v) is 0.315. The molecule has 0 N–H and O–H groups in total. The monoisotopic (exact) mass is 130 g/mol. The molecule has 0 aliphatic carbocycles. The van der Waals surface area contributed by atoms with Crippen LogP contribution in [0.4, 0.5) is 0 Å². The van der Waals surface area contributed by atoms with Gasteiger partial charge < -0.3 is 0 Å². The van der Waals surface area contributed by atoms with E-state index in [0.717, 1.165) is 6.42 Å². The molecule has 0 saturated carbocycles. The molecule has 48 valence electrons. The lowest BCUT2D eigenvalue weighted by molar-refractivity contribution is 1.28. The number of rotatable bonds is 0. The highest BCUT2D eigenvalue weighted by Crippen LogP contribution is 1.85. The Kier molecular flexibility index (Phi) is 4.49. The van der Waals surface area contributed by atoms with Crippen LogP contribution in [-0.2, 0) is 0 Å². The Bertz CT molecular complexity index is 246. The first-order valence-corrected chi connectivity index (χ1v) is 2.84. The van der Waals surface area contributed by atoms with Crippen LogP contribution in [0.25, 0.3) is 0 Å². The zero-order chi connectivity index (χ0) is 7.82. The lowest BCUT2D eigenvalue weighted by atomic mass is 10.3. The zero-order valence-corrected chi connectivity index (χ0v) is 5.68. The van der Waals surface area contributed by atoms with E-state index < -0.39 is 0 Å². The van der Waals surface area contributed by atoms with Gasteiger partial charge in [0.05, 0.1) is 0 Å². The van der Waals surface area contributed by atoms with Crippen molar-refractivity contribution in [3.8, 4) is 24.0 Å². The lowest BCUT2D eigenvalue weighted by Gasteiger charge is -1.70. The second kappa shape index (κ2) is 5.42. The van der Waals surface area contributed by atoms with Gasteiger partial charge in [-0.05, 0) is 0 Å². The van der Waals surface area contributed by atoms with E-state index in [1.54, 1.807) is 12.1 Å². The van der Waals surface area contributed by atoms with Crippen molar-refractivity contribution in [1.29, 1.82) is 10.5 Å². The molecule has 0 rings (SSSR count). The fourth-order valence-electron chi connectivity index (χ4n) is 0.315. The second-order valence-corrected chi connectivity index (χ2v) is 1.46. The Hall–Kier alpha value is -1.72. The minimum absolute atomic E-state index is 0.0564. The second-order valence-electron chi connectivity index (χ2n) is 1.46. The van der Waals surface area contributed by atoms with Crippen molar-refractivity contribution in [3.05, 3.63) is 11.6 Å². The van der Waals surface area contributed by atoms with E-state index in [-0.39, 0.29) is 5.57 Å². The van der Waals surface area contributed by atoms with Gasteiger partial charge in [-0.1, -0.05) is 18.8 Å². The molecular weight excluding hydrogens is 124 g/mol. The van der Waals surface area contributed by atoms with E-state index in [1.807, 2.05) is 6.92 Å². The third-order valence-electron chi connectivity index (χ3n) is 0.736. The van der Waals surface area contributed by atoms with Crippen LogP contribution in [0.3, 0.4) is 0 Å². The number of nitrogens with zero attached hydrogens (tertiary/aromatic N) is 2. The van der Waals surface area contributed by atoms with Crippen LogP contribution >= 0.6 is 0 Å². The summed E-state index contributed by atoms with van der Waals surface area (Å²) in [6, 6.07) is 3.42. The SMILES string of the molecule is CCC#CC=C(C#N)C#N. The molecule has 0 unspecified atom stereocenters. The third kappa shape index (κ3) is 3.30. The highest BCUT2D eigenvalue weighted by molar-refractivity contribution is 5.40. The maximum atomic E-state index is 8.22. The molecule has 2 nitrogen and oxygen atoms in total. The predicted molar refractivity (Wildman–Crippen MR) is 37.4 cm³/mol. The number of hydrogen-bond acceptors (Lipinski definition) is 2. The fraction of sp³-hybridized carbons (Fsp3) is 0.250. The van der Waals surface area contributed by atoms with Gasteiger partial charge >= 0.3 is 0 Å². The highest BCUT2D eigenvalue weighted by Gasteiger charge is 1.84. The number of nitriles is 2. The van der Waals surface area contributed by atoms with Gasteiger partial charge in [-0.3, -0.25) is 0 Å². The van der Waals surface area contributed by atoms with E-state index in [2.05, 4.69) is 11.8 Å². The first-order chi connectivity index (χ1) is 4.85. The minimum atomic E-state index is 0.0564. The van der Waals surface area contributed by atoms with Crippen LogP contribution < -0.4 is 0 Å². The number of hydrogen-bond donors (Lipinski definition) is 0. The van der Waals surface area contributed by atoms with Crippen LogP contribution in [0.5, 0.6) is 0 Å². The quantitative estimate of drug-likeness (QED) is 0.367. The van der Waals surface area contributed by atoms with Gasteiger partial charge in [-0.25, -0.2) is 0 Å². The molecule has 0 saturated heterocycles. The van der Waals surface area contributed by atoms with Crippen molar-refractivity contribution in [2.24, 2.45) is 0 Å². The van der Waals surface area contributed by atoms with Crippen LogP contribution in [0, 0.1) is 34.5 Å². The minimum Gasteiger partial charge on any atom is -0.192 e. The summed E-state index contributed by atoms with van der Waals surface area (Å²) in [6.45, 7) is 1.90. The average molecular weight is 130 g/mol. The third-order valence-corrected chi connectivity index (χ3v) is 0.736. The molecule has 0 atom stereocenters. The molecule has 0 aromatic carbocycles. The molecule has 2 heteroatoms. The van der Waals surface area contributed by atoms with Crippen LogP contribution in [-0.4, -0.2) is 0 Å². The highest BCUT2D eigenvalue weighted by atomic mass is 14.3. The van der Waals surface area contributed by atoms with Gasteiger partial charge in [-0.15, -0.1) is 0 Å². The Morgan fingerprint density at radius 2 is 2.00 bits per heavy atom. The smallest absolute Gasteiger partial charge is 0.137 e. The molecular formula is C8H6N2. The van der Waals surface area contributed by atoms with Crippen molar-refractivity contribution in [2.45, 2.75) is 13.3 Å². The molecule has 0 amide bonds. The van der Waals surface area contributed by atoms with Gasteiger partial charge in [-0.2, -0.15) is 10.5 Å². The summed E-state index contributed by atoms with van der Waals surface area (Å²) < 4.78 is 0. The van der Waals surface area contributed by atoms with E-state index >= 15 is 0 Å². The Labute approximate surface area is 60.4 Å². The zero-order valence-electron chi connectivity index (χ0n) is 5.68. The Balaban J connectivity index is 4.20. The molecule has 0 aromatic rings. The van der Waals surface area contributed by atoms with Crippen LogP contribution in [0.2, 0.25) is 0 Å². The predicted octanol–water partition coefficient (Wildman–Crippen LogP) is 1.37. The van der Waals surface area contributed by atoms with Crippen molar-refractivity contribution < 1.29 is 0 Å². The molecule has 0 radical (unpaired) electrons. The summed E-state index contributed by atoms with van der Waals surface area (Å²) in [6.07, 6.45) is 2.06. The maximum Gasteiger partial charge on any atom is 0.137 e. The van der Waals surface area contributed by atoms with Gasteiger partial charge in [0.2, 0.25) is 0 Å². The summed E-state index contributed by atoms with van der Waals surface area (Å²) in [5.74, 6) is 5.30. The maximum absolute atomic E-state index is 8.22. The molecule has 0 heterocycles. The lowest BCUT2D eigenvalue weighted by Crippen LogP contribution is -1.67. The van der Waals surface area contributed by atoms with Crippen LogP contribution in [0.15, 0.2) is 11.6 Å². The normalized spacial score (nSPS) is 5.90. The molecule has 0 bridgehead atoms. The summed E-state index contributed by atoms with van der Waals surface area (Å²) in [5.41, 5.74) is 0.0564. The molecule has 0 aliphatic rings. The molecule has 0 aromatic heterocycles. The van der Waals surface area contributed by atoms with Gasteiger partial charge in [0.15, 0.2) is 0 Å². The molecule has 0 spiro atoms. The van der Waals surface area contributed by atoms with Gasteiger partial charge in [0.1, 0.15) is 17.7 Å². The molecule has 0 aliphatic heterocycles. The van der Waals surface area contributed by atoms with Gasteiger partial charge in [0.25, 0.3) is 0 Å². The number of allylic oxidation sites excluding steroid dienone is 2. The van der Waals surface area contributed by atoms with E-state index in [1.165, 1.54) is 6.08 Å². The van der Waals surface area contributed by atoms with E-state index in [9.17, 15) is 0 Å². The Morgan fingerprint density at radius 1 is 1.40 bits per heavy atom. The summed E-state index contributed by atoms with van der Waals surface area (Å²) in [7, 11) is 0. The van der Waals surface area contributed by atoms with E-state index in [4.69, 9.17) is 10.5 Å². The topological polar surface area (TPSA) is 47.6 Å². The van der Waals surface area contributed by atoms with Crippen molar-refractivity contribution in [2.75, 3.05) is 0 Å². The first-order valence-electron chi connectivity index (χ1n) is 2.84. The van der Waals surface area contributed by atoms with E-state index in [0.29, 0.717) is 0 Å². The molecule has 10 heavy (non-hydrogen) atoms. The summed E-state index contributed by atoms with van der Waals surface area (Å²) >= 11 is 0. The Morgan fingerprint density at radius 3 is 2.40 bits per heavy atom. The van der Waals surface area contributed by atoms with Crippen molar-refractivity contribution in [1.82, 2.24) is 0 Å². The standard InChI is InChI=1S/C8H6N2/c1-2-3-4-5-8(6-9)7-10/h5H,2H2,1H3. The average Bonchev–Trinajstić information content (AvgIpc) is 1.99. The molecule has 0 fully saturated rings. The largest absolute Gasteiger partial charge is 0.192 e. The summed E-state index contributed by atoms with van der Waals surface area (Å²) in [5, 5.41) is 16.4. The van der Waals surface area contributed by atoms with Gasteiger partial charge in [0, 0.05) is 12.5 Å². The van der Waals surface area contributed by atoms with Crippen molar-refractivity contribution in [3.63, 3.8) is 0 Å². The summed E-state index contributed by atoms with van der Waals surface area (Å²) in [4.78, 5) is 0. The van der Waals surface area contributed by atoms with Crippen molar-refractivity contribution >= 4 is 0 Å².